The van der Waals surface area contributed by atoms with Gasteiger partial charge in [0.1, 0.15) is 16.5 Å². The summed E-state index contributed by atoms with van der Waals surface area (Å²) in [7, 11) is 2.73. The lowest BCUT2D eigenvalue weighted by Gasteiger charge is -2.32. The van der Waals surface area contributed by atoms with E-state index in [0.29, 0.717) is 21.8 Å². The van der Waals surface area contributed by atoms with Crippen LogP contribution < -0.4 is 10.1 Å². The zero-order chi connectivity index (χ0) is 22.8. The number of nitriles is 1. The molecule has 1 atom stereocenters. The molecule has 3 rings (SSSR count). The van der Waals surface area contributed by atoms with E-state index in [2.05, 4.69) is 15.1 Å². The Labute approximate surface area is 181 Å². The predicted molar refractivity (Wildman–Crippen MR) is 109 cm³/mol. The van der Waals surface area contributed by atoms with Gasteiger partial charge in [0.2, 0.25) is 5.70 Å². The van der Waals surface area contributed by atoms with E-state index in [4.69, 9.17) is 16.0 Å². The standard InChI is InChI=1S/C21H17F3N4O2S/c1-11-10-31-20(27-11)17-14(9-29-3)28-19(21(22,23)24)18(26-2)16(17)13-6-5-12(8-25)7-15(13)30-4/h5-7,10,16,28H,9H2,1,3-4H3. The van der Waals surface area contributed by atoms with Crippen molar-refractivity contribution >= 4 is 16.9 Å². The number of hydrogen-bond acceptors (Lipinski definition) is 6. The fraction of sp³-hybridized carbons (Fsp3) is 0.286. The molecule has 0 bridgehead atoms. The van der Waals surface area contributed by atoms with Gasteiger partial charge in [-0.15, -0.1) is 11.3 Å². The molecule has 1 unspecified atom stereocenters. The highest BCUT2D eigenvalue weighted by Gasteiger charge is 2.45. The van der Waals surface area contributed by atoms with Gasteiger partial charge in [-0.2, -0.15) is 18.4 Å². The lowest BCUT2D eigenvalue weighted by atomic mass is 9.83. The molecule has 1 aromatic heterocycles. The first-order chi connectivity index (χ1) is 14.7. The Morgan fingerprint density at radius 2 is 2.10 bits per heavy atom. The molecule has 0 saturated heterocycles. The normalized spacial score (nSPS) is 16.6. The van der Waals surface area contributed by atoms with Crippen LogP contribution in [0.25, 0.3) is 10.4 Å². The summed E-state index contributed by atoms with van der Waals surface area (Å²) < 4.78 is 52.3. The summed E-state index contributed by atoms with van der Waals surface area (Å²) >= 11 is 1.26. The van der Waals surface area contributed by atoms with E-state index in [1.807, 2.05) is 6.07 Å². The summed E-state index contributed by atoms with van der Waals surface area (Å²) in [5.74, 6) is -0.912. The summed E-state index contributed by atoms with van der Waals surface area (Å²) in [4.78, 5) is 7.73. The monoisotopic (exact) mass is 446 g/mol. The van der Waals surface area contributed by atoms with Crippen LogP contribution in [0.2, 0.25) is 0 Å². The van der Waals surface area contributed by atoms with Crippen LogP contribution >= 0.6 is 11.3 Å². The number of dihydropyridines is 1. The Morgan fingerprint density at radius 1 is 1.35 bits per heavy atom. The van der Waals surface area contributed by atoms with Crippen molar-refractivity contribution in [3.63, 3.8) is 0 Å². The van der Waals surface area contributed by atoms with Gasteiger partial charge in [-0.1, -0.05) is 6.07 Å². The minimum atomic E-state index is -4.79. The Hall–Kier alpha value is -3.34. The molecular weight excluding hydrogens is 429 g/mol. The van der Waals surface area contributed by atoms with Gasteiger partial charge in [-0.05, 0) is 24.6 Å². The molecule has 0 fully saturated rings. The predicted octanol–water partition coefficient (Wildman–Crippen LogP) is 4.77. The number of thiazole rings is 1. The quantitative estimate of drug-likeness (QED) is 0.670. The molecule has 0 radical (unpaired) electrons. The Morgan fingerprint density at radius 3 is 2.61 bits per heavy atom. The lowest BCUT2D eigenvalue weighted by Crippen LogP contribution is -2.35. The zero-order valence-electron chi connectivity index (χ0n) is 16.8. The number of hydrogen-bond donors (Lipinski definition) is 1. The average Bonchev–Trinajstić information content (AvgIpc) is 3.17. The molecule has 2 heterocycles. The second-order valence-corrected chi connectivity index (χ2v) is 7.47. The molecule has 2 aromatic rings. The van der Waals surface area contributed by atoms with Crippen LogP contribution in [-0.2, 0) is 4.74 Å². The molecule has 0 aliphatic carbocycles. The van der Waals surface area contributed by atoms with Crippen molar-refractivity contribution in [2.45, 2.75) is 19.0 Å². The molecule has 1 aromatic carbocycles. The number of aromatic nitrogens is 1. The molecule has 6 nitrogen and oxygen atoms in total. The molecule has 31 heavy (non-hydrogen) atoms. The summed E-state index contributed by atoms with van der Waals surface area (Å²) in [5, 5.41) is 13.8. The van der Waals surface area contributed by atoms with Crippen LogP contribution in [0.1, 0.15) is 27.7 Å². The number of alkyl halides is 3. The van der Waals surface area contributed by atoms with Crippen molar-refractivity contribution < 1.29 is 22.6 Å². The van der Waals surface area contributed by atoms with Crippen LogP contribution in [0.15, 0.2) is 40.7 Å². The number of aryl methyl sites for hydroxylation is 1. The largest absolute Gasteiger partial charge is 0.496 e. The average molecular weight is 446 g/mol. The second-order valence-electron chi connectivity index (χ2n) is 6.62. The Kier molecular flexibility index (Phi) is 6.34. The maximum Gasteiger partial charge on any atom is 0.421 e. The van der Waals surface area contributed by atoms with Gasteiger partial charge in [-0.3, -0.25) is 0 Å². The third-order valence-corrected chi connectivity index (χ3v) is 5.63. The van der Waals surface area contributed by atoms with Crippen molar-refractivity contribution in [2.75, 3.05) is 20.8 Å². The second kappa shape index (κ2) is 8.80. The van der Waals surface area contributed by atoms with Crippen molar-refractivity contribution in [1.29, 1.82) is 5.26 Å². The van der Waals surface area contributed by atoms with E-state index < -0.39 is 23.5 Å². The molecule has 0 saturated carbocycles. The first-order valence-corrected chi connectivity index (χ1v) is 9.81. The van der Waals surface area contributed by atoms with Crippen LogP contribution in [0.4, 0.5) is 13.2 Å². The highest BCUT2D eigenvalue weighted by atomic mass is 32.1. The number of allylic oxidation sites excluding steroid dienone is 2. The maximum atomic E-state index is 13.9. The lowest BCUT2D eigenvalue weighted by molar-refractivity contribution is -0.0971. The van der Waals surface area contributed by atoms with Crippen molar-refractivity contribution in [1.82, 2.24) is 10.3 Å². The molecule has 160 valence electrons. The number of nitrogens with one attached hydrogen (secondary N) is 1. The van der Waals surface area contributed by atoms with E-state index in [1.54, 1.807) is 12.3 Å². The van der Waals surface area contributed by atoms with Gasteiger partial charge in [0.15, 0.2) is 0 Å². The smallest absolute Gasteiger partial charge is 0.421 e. The Bertz CT molecular complexity index is 1150. The fourth-order valence-electron chi connectivity index (χ4n) is 3.38. The van der Waals surface area contributed by atoms with Gasteiger partial charge >= 0.3 is 6.18 Å². The summed E-state index contributed by atoms with van der Waals surface area (Å²) in [6.07, 6.45) is -4.79. The summed E-state index contributed by atoms with van der Waals surface area (Å²) in [6, 6.07) is 6.41. The van der Waals surface area contributed by atoms with Crippen LogP contribution in [-0.4, -0.2) is 32.0 Å². The van der Waals surface area contributed by atoms with Crippen molar-refractivity contribution in [3.05, 3.63) is 73.9 Å². The van der Waals surface area contributed by atoms with Crippen molar-refractivity contribution in [2.24, 2.45) is 0 Å². The maximum absolute atomic E-state index is 13.9. The Balaban J connectivity index is 2.39. The highest BCUT2D eigenvalue weighted by molar-refractivity contribution is 7.10. The van der Waals surface area contributed by atoms with E-state index in [9.17, 15) is 18.4 Å². The number of benzene rings is 1. The van der Waals surface area contributed by atoms with Crippen molar-refractivity contribution in [3.8, 4) is 11.8 Å². The number of rotatable bonds is 5. The fourth-order valence-corrected chi connectivity index (χ4v) is 4.28. The van der Waals surface area contributed by atoms with E-state index in [0.717, 1.165) is 0 Å². The molecule has 1 aliphatic heterocycles. The number of ether oxygens (including phenoxy) is 2. The van der Waals surface area contributed by atoms with Gasteiger partial charge in [-0.25, -0.2) is 9.83 Å². The van der Waals surface area contributed by atoms with Gasteiger partial charge in [0.05, 0.1) is 37.8 Å². The minimum absolute atomic E-state index is 0.145. The topological polar surface area (TPSA) is 71.5 Å². The first kappa shape index (κ1) is 22.3. The van der Waals surface area contributed by atoms with Crippen LogP contribution in [0.5, 0.6) is 5.75 Å². The van der Waals surface area contributed by atoms with Crippen LogP contribution in [0.3, 0.4) is 0 Å². The summed E-state index contributed by atoms with van der Waals surface area (Å²) in [6.45, 7) is 9.21. The minimum Gasteiger partial charge on any atom is -0.496 e. The first-order valence-electron chi connectivity index (χ1n) is 8.93. The highest BCUT2D eigenvalue weighted by Crippen LogP contribution is 2.49. The summed E-state index contributed by atoms with van der Waals surface area (Å²) in [5.41, 5.74) is 0.194. The van der Waals surface area contributed by atoms with E-state index in [1.165, 1.54) is 43.8 Å². The number of nitrogens with zero attached hydrogens (tertiary/aromatic N) is 3. The SMILES string of the molecule is [C-]#[N+]C1=C(C(F)(F)F)NC(COC)=C(c2nc(C)cs2)C1c1ccc(C#N)cc1OC. The molecule has 0 spiro atoms. The third kappa shape index (κ3) is 4.26. The molecule has 10 heteroatoms. The molecular formula is C21H17F3N4O2S. The van der Waals surface area contributed by atoms with Gasteiger partial charge in [0.25, 0.3) is 0 Å². The third-order valence-electron chi connectivity index (χ3n) is 4.63. The van der Waals surface area contributed by atoms with Crippen LogP contribution in [0, 0.1) is 24.8 Å². The van der Waals surface area contributed by atoms with E-state index in [-0.39, 0.29) is 23.6 Å². The zero-order valence-corrected chi connectivity index (χ0v) is 17.6. The molecule has 1 N–H and O–H groups in total. The molecule has 1 aliphatic rings. The molecule has 0 amide bonds. The number of halogens is 3. The van der Waals surface area contributed by atoms with Gasteiger partial charge < -0.3 is 14.8 Å². The van der Waals surface area contributed by atoms with E-state index >= 15 is 0 Å². The van der Waals surface area contributed by atoms with Gasteiger partial charge in [0, 0.05) is 29.5 Å². The number of methoxy groups -OCH3 is 2.